The van der Waals surface area contributed by atoms with Gasteiger partial charge < -0.3 is 15.5 Å². The Hall–Kier alpha value is -3.09. The Morgan fingerprint density at radius 1 is 1.23 bits per heavy atom. The van der Waals surface area contributed by atoms with Crippen molar-refractivity contribution >= 4 is 17.3 Å². The van der Waals surface area contributed by atoms with Crippen molar-refractivity contribution in [2.75, 3.05) is 5.32 Å². The monoisotopic (exact) mass is 302 g/mol. The second-order valence-electron chi connectivity index (χ2n) is 4.75. The number of hydrogen-bond donors (Lipinski definition) is 3. The molecule has 0 aromatic heterocycles. The lowest BCUT2D eigenvalue weighted by Crippen LogP contribution is -2.07. The minimum absolute atomic E-state index is 0.00810. The number of aromatic hydroxyl groups is 1. The highest BCUT2D eigenvalue weighted by molar-refractivity contribution is 5.92. The van der Waals surface area contributed by atoms with Gasteiger partial charge in [-0.2, -0.15) is 0 Å². The molecular weight excluding hydrogens is 288 g/mol. The number of phenols is 1. The topological polar surface area (TPSA) is 113 Å². The van der Waals surface area contributed by atoms with E-state index in [1.165, 1.54) is 24.3 Å². The average Bonchev–Trinajstić information content (AvgIpc) is 2.49. The van der Waals surface area contributed by atoms with Crippen molar-refractivity contribution in [3.63, 3.8) is 0 Å². The summed E-state index contributed by atoms with van der Waals surface area (Å²) in [4.78, 5) is 21.1. The van der Waals surface area contributed by atoms with Gasteiger partial charge in [0.05, 0.1) is 4.92 Å². The van der Waals surface area contributed by atoms with Crippen LogP contribution in [0.15, 0.2) is 42.5 Å². The van der Waals surface area contributed by atoms with Gasteiger partial charge in [0.15, 0.2) is 0 Å². The molecule has 1 unspecified atom stereocenters. The molecule has 7 heteroatoms. The number of nitro benzene ring substituents is 1. The zero-order valence-corrected chi connectivity index (χ0v) is 11.7. The molecule has 3 N–H and O–H groups in total. The lowest BCUT2D eigenvalue weighted by Gasteiger charge is -2.16. The van der Waals surface area contributed by atoms with E-state index in [9.17, 15) is 20.0 Å². The van der Waals surface area contributed by atoms with Crippen molar-refractivity contribution in [2.24, 2.45) is 0 Å². The predicted octanol–water partition coefficient (Wildman–Crippen LogP) is 3.17. The molecule has 0 saturated heterocycles. The van der Waals surface area contributed by atoms with E-state index in [0.717, 1.165) is 5.56 Å². The molecule has 7 nitrogen and oxygen atoms in total. The first kappa shape index (κ1) is 15.3. The van der Waals surface area contributed by atoms with E-state index in [1.54, 1.807) is 18.2 Å². The first-order valence-corrected chi connectivity index (χ1v) is 6.45. The van der Waals surface area contributed by atoms with Crippen LogP contribution in [0.5, 0.6) is 5.75 Å². The predicted molar refractivity (Wildman–Crippen MR) is 80.2 cm³/mol. The van der Waals surface area contributed by atoms with Gasteiger partial charge in [-0.1, -0.05) is 12.1 Å². The van der Waals surface area contributed by atoms with Gasteiger partial charge in [-0.05, 0) is 30.7 Å². The Kier molecular flexibility index (Phi) is 4.26. The average molecular weight is 302 g/mol. The van der Waals surface area contributed by atoms with Crippen LogP contribution in [0.4, 0.5) is 11.4 Å². The van der Waals surface area contributed by atoms with E-state index in [1.807, 2.05) is 6.92 Å². The zero-order chi connectivity index (χ0) is 16.3. The molecule has 2 rings (SSSR count). The molecule has 2 aromatic rings. The van der Waals surface area contributed by atoms with Gasteiger partial charge >= 0.3 is 5.97 Å². The highest BCUT2D eigenvalue weighted by Crippen LogP contribution is 2.25. The molecule has 0 saturated carbocycles. The third-order valence-corrected chi connectivity index (χ3v) is 3.21. The quantitative estimate of drug-likeness (QED) is 0.444. The van der Waals surface area contributed by atoms with Crippen LogP contribution in [0.3, 0.4) is 0 Å². The van der Waals surface area contributed by atoms with Crippen LogP contribution < -0.4 is 5.32 Å². The molecule has 0 aliphatic carbocycles. The van der Waals surface area contributed by atoms with Crippen molar-refractivity contribution in [2.45, 2.75) is 13.0 Å². The Morgan fingerprint density at radius 3 is 2.41 bits per heavy atom. The molecule has 0 bridgehead atoms. The maximum atomic E-state index is 11.0. The maximum Gasteiger partial charge on any atom is 0.339 e. The number of nitrogens with zero attached hydrogens (tertiary/aromatic N) is 1. The van der Waals surface area contributed by atoms with E-state index < -0.39 is 10.9 Å². The van der Waals surface area contributed by atoms with E-state index in [-0.39, 0.29) is 23.0 Å². The van der Waals surface area contributed by atoms with Crippen LogP contribution in [0.25, 0.3) is 0 Å². The standard InChI is InChI=1S/C15H14N2O5/c1-9(10-2-5-12(6-3-10)17(21)22)16-11-4-7-14(18)13(8-11)15(19)20/h2-9,16,18H,1H3,(H,19,20). The van der Waals surface area contributed by atoms with Gasteiger partial charge in [0.1, 0.15) is 11.3 Å². The molecule has 2 aromatic carbocycles. The number of carboxylic acids is 1. The summed E-state index contributed by atoms with van der Waals surface area (Å²) >= 11 is 0. The lowest BCUT2D eigenvalue weighted by atomic mass is 10.1. The van der Waals surface area contributed by atoms with Crippen LogP contribution in [0.1, 0.15) is 28.9 Å². The molecule has 0 aliphatic heterocycles. The van der Waals surface area contributed by atoms with Crippen molar-refractivity contribution < 1.29 is 19.9 Å². The van der Waals surface area contributed by atoms with Crippen LogP contribution in [0, 0.1) is 10.1 Å². The number of anilines is 1. The third kappa shape index (κ3) is 3.32. The van der Waals surface area contributed by atoms with E-state index in [2.05, 4.69) is 5.32 Å². The maximum absolute atomic E-state index is 11.0. The Labute approximate surface area is 126 Å². The number of carboxylic acid groups (broad SMARTS) is 1. The van der Waals surface area contributed by atoms with Gasteiger partial charge in [0.25, 0.3) is 5.69 Å². The summed E-state index contributed by atoms with van der Waals surface area (Å²) in [6, 6.07) is 10.1. The molecule has 0 fully saturated rings. The van der Waals surface area contributed by atoms with Gasteiger partial charge in [-0.3, -0.25) is 10.1 Å². The van der Waals surface area contributed by atoms with E-state index in [0.29, 0.717) is 5.69 Å². The molecule has 0 spiro atoms. The largest absolute Gasteiger partial charge is 0.507 e. The number of nitrogens with one attached hydrogen (secondary N) is 1. The Bertz CT molecular complexity index is 712. The first-order valence-electron chi connectivity index (χ1n) is 6.45. The summed E-state index contributed by atoms with van der Waals surface area (Å²) in [5, 5.41) is 32.1. The fraction of sp³-hybridized carbons (Fsp3) is 0.133. The number of aromatic carboxylic acids is 1. The summed E-state index contributed by atoms with van der Waals surface area (Å²) in [5.41, 5.74) is 1.16. The summed E-state index contributed by atoms with van der Waals surface area (Å²) < 4.78 is 0. The number of hydrogen-bond acceptors (Lipinski definition) is 5. The number of rotatable bonds is 5. The molecule has 0 heterocycles. The van der Waals surface area contributed by atoms with Crippen molar-refractivity contribution in [3.05, 3.63) is 63.7 Å². The Morgan fingerprint density at radius 2 is 1.86 bits per heavy atom. The zero-order valence-electron chi connectivity index (χ0n) is 11.7. The SMILES string of the molecule is CC(Nc1ccc(O)c(C(=O)O)c1)c1ccc([N+](=O)[O-])cc1. The van der Waals surface area contributed by atoms with Crippen LogP contribution in [-0.4, -0.2) is 21.1 Å². The second-order valence-corrected chi connectivity index (χ2v) is 4.75. The minimum Gasteiger partial charge on any atom is -0.507 e. The summed E-state index contributed by atoms with van der Waals surface area (Å²) in [6.07, 6.45) is 0. The van der Waals surface area contributed by atoms with Crippen molar-refractivity contribution in [1.29, 1.82) is 0 Å². The normalized spacial score (nSPS) is 11.7. The smallest absolute Gasteiger partial charge is 0.339 e. The Balaban J connectivity index is 2.18. The molecule has 0 aliphatic rings. The molecule has 0 radical (unpaired) electrons. The summed E-state index contributed by atoms with van der Waals surface area (Å²) in [6.45, 7) is 1.84. The van der Waals surface area contributed by atoms with Crippen LogP contribution in [0.2, 0.25) is 0 Å². The lowest BCUT2D eigenvalue weighted by molar-refractivity contribution is -0.384. The third-order valence-electron chi connectivity index (χ3n) is 3.21. The number of non-ortho nitro benzene ring substituents is 1. The van der Waals surface area contributed by atoms with Gasteiger partial charge in [0, 0.05) is 23.9 Å². The molecule has 0 amide bonds. The van der Waals surface area contributed by atoms with Gasteiger partial charge in [-0.25, -0.2) is 4.79 Å². The molecule has 1 atom stereocenters. The van der Waals surface area contributed by atoms with Gasteiger partial charge in [0.2, 0.25) is 0 Å². The van der Waals surface area contributed by atoms with E-state index in [4.69, 9.17) is 5.11 Å². The first-order chi connectivity index (χ1) is 10.4. The van der Waals surface area contributed by atoms with Gasteiger partial charge in [-0.15, -0.1) is 0 Å². The fourth-order valence-electron chi connectivity index (χ4n) is 2.02. The second kappa shape index (κ2) is 6.13. The molecular formula is C15H14N2O5. The van der Waals surface area contributed by atoms with Crippen molar-refractivity contribution in [1.82, 2.24) is 0 Å². The summed E-state index contributed by atoms with van der Waals surface area (Å²) in [5.74, 6) is -1.52. The molecule has 22 heavy (non-hydrogen) atoms. The highest BCUT2D eigenvalue weighted by atomic mass is 16.6. The highest BCUT2D eigenvalue weighted by Gasteiger charge is 2.13. The van der Waals surface area contributed by atoms with Crippen LogP contribution >= 0.6 is 0 Å². The van der Waals surface area contributed by atoms with Crippen molar-refractivity contribution in [3.8, 4) is 5.75 Å². The number of carbonyl (C=O) groups is 1. The van der Waals surface area contributed by atoms with E-state index >= 15 is 0 Å². The molecule has 114 valence electrons. The fourth-order valence-corrected chi connectivity index (χ4v) is 2.02. The minimum atomic E-state index is -1.22. The summed E-state index contributed by atoms with van der Waals surface area (Å²) in [7, 11) is 0. The number of nitro groups is 1. The van der Waals surface area contributed by atoms with Crippen LogP contribution in [-0.2, 0) is 0 Å². The number of benzene rings is 2.